The van der Waals surface area contributed by atoms with Crippen molar-refractivity contribution in [2.45, 2.75) is 13.0 Å². The van der Waals surface area contributed by atoms with E-state index in [1.54, 1.807) is 30.3 Å². The van der Waals surface area contributed by atoms with Gasteiger partial charge in [-0.1, -0.05) is 28.1 Å². The van der Waals surface area contributed by atoms with E-state index < -0.39 is 0 Å². The monoisotopic (exact) mass is 333 g/mol. The number of carbonyl (C=O) groups is 1. The Bertz CT molecular complexity index is 581. The number of likely N-dealkylation sites (N-methyl/N-ethyl adjacent to an activating group) is 1. The average Bonchev–Trinajstić information content (AvgIpc) is 2.44. The van der Waals surface area contributed by atoms with Crippen LogP contribution in [0.1, 0.15) is 11.3 Å². The number of nitrogens with zero attached hydrogens (tertiary/aromatic N) is 2. The molecule has 0 atom stereocenters. The first kappa shape index (κ1) is 14.5. The highest BCUT2D eigenvalue weighted by molar-refractivity contribution is 9.10. The van der Waals surface area contributed by atoms with E-state index in [4.69, 9.17) is 5.73 Å². The third-order valence-electron chi connectivity index (χ3n) is 2.94. The zero-order chi connectivity index (χ0) is 14.5. The number of amides is 1. The number of pyridine rings is 1. The fourth-order valence-electron chi connectivity index (χ4n) is 1.78. The van der Waals surface area contributed by atoms with Crippen molar-refractivity contribution >= 4 is 27.5 Å². The SMILES string of the molecule is CN(Cc1ccc(Br)cc1)C(=O)Cc1ccc(N)cn1. The number of hydrogen-bond acceptors (Lipinski definition) is 3. The highest BCUT2D eigenvalue weighted by atomic mass is 79.9. The van der Waals surface area contributed by atoms with Gasteiger partial charge in [0.25, 0.3) is 0 Å². The van der Waals surface area contributed by atoms with Gasteiger partial charge in [-0.05, 0) is 29.8 Å². The molecule has 0 aliphatic heterocycles. The van der Waals surface area contributed by atoms with Gasteiger partial charge in [0, 0.05) is 23.8 Å². The quantitative estimate of drug-likeness (QED) is 0.935. The second-order valence-electron chi connectivity index (χ2n) is 4.64. The highest BCUT2D eigenvalue weighted by Crippen LogP contribution is 2.12. The molecule has 0 aliphatic carbocycles. The maximum atomic E-state index is 12.1. The Hall–Kier alpha value is -1.88. The molecule has 4 nitrogen and oxygen atoms in total. The molecule has 0 radical (unpaired) electrons. The second-order valence-corrected chi connectivity index (χ2v) is 5.55. The Morgan fingerprint density at radius 1 is 1.25 bits per heavy atom. The molecule has 1 aromatic heterocycles. The molecule has 0 saturated heterocycles. The van der Waals surface area contributed by atoms with Crippen molar-refractivity contribution in [2.24, 2.45) is 0 Å². The summed E-state index contributed by atoms with van der Waals surface area (Å²) in [5.74, 6) is 0.0326. The van der Waals surface area contributed by atoms with Gasteiger partial charge in [0.05, 0.1) is 18.3 Å². The van der Waals surface area contributed by atoms with E-state index in [9.17, 15) is 4.79 Å². The predicted molar refractivity (Wildman–Crippen MR) is 83.0 cm³/mol. The van der Waals surface area contributed by atoms with E-state index in [1.807, 2.05) is 24.3 Å². The molecule has 0 bridgehead atoms. The second kappa shape index (κ2) is 6.52. The predicted octanol–water partition coefficient (Wildman–Crippen LogP) is 2.63. The third kappa shape index (κ3) is 4.06. The Labute approximate surface area is 126 Å². The summed E-state index contributed by atoms with van der Waals surface area (Å²) in [6, 6.07) is 11.5. The highest BCUT2D eigenvalue weighted by Gasteiger charge is 2.11. The van der Waals surface area contributed by atoms with E-state index in [-0.39, 0.29) is 12.3 Å². The molecule has 20 heavy (non-hydrogen) atoms. The molecule has 0 spiro atoms. The zero-order valence-corrected chi connectivity index (χ0v) is 12.8. The van der Waals surface area contributed by atoms with Crippen molar-refractivity contribution < 1.29 is 4.79 Å². The topological polar surface area (TPSA) is 59.2 Å². The van der Waals surface area contributed by atoms with E-state index in [0.29, 0.717) is 12.2 Å². The van der Waals surface area contributed by atoms with Crippen molar-refractivity contribution in [3.8, 4) is 0 Å². The van der Waals surface area contributed by atoms with Crippen LogP contribution in [0, 0.1) is 0 Å². The summed E-state index contributed by atoms with van der Waals surface area (Å²) in [4.78, 5) is 18.0. The number of aromatic nitrogens is 1. The summed E-state index contributed by atoms with van der Waals surface area (Å²) >= 11 is 3.39. The van der Waals surface area contributed by atoms with Gasteiger partial charge >= 0.3 is 0 Å². The lowest BCUT2D eigenvalue weighted by atomic mass is 10.2. The molecule has 2 rings (SSSR count). The lowest BCUT2D eigenvalue weighted by Gasteiger charge is -2.17. The van der Waals surface area contributed by atoms with Crippen LogP contribution in [0.5, 0.6) is 0 Å². The number of benzene rings is 1. The first-order valence-electron chi connectivity index (χ1n) is 6.23. The van der Waals surface area contributed by atoms with Crippen molar-refractivity contribution in [1.82, 2.24) is 9.88 Å². The Balaban J connectivity index is 1.94. The van der Waals surface area contributed by atoms with Gasteiger partial charge in [-0.15, -0.1) is 0 Å². The molecular weight excluding hydrogens is 318 g/mol. The van der Waals surface area contributed by atoms with Crippen molar-refractivity contribution in [2.75, 3.05) is 12.8 Å². The summed E-state index contributed by atoms with van der Waals surface area (Å²) in [5.41, 5.74) is 7.99. The maximum absolute atomic E-state index is 12.1. The first-order valence-corrected chi connectivity index (χ1v) is 7.03. The molecule has 0 unspecified atom stereocenters. The molecule has 104 valence electrons. The number of rotatable bonds is 4. The van der Waals surface area contributed by atoms with Gasteiger partial charge in [0.15, 0.2) is 0 Å². The van der Waals surface area contributed by atoms with Crippen LogP contribution in [0.25, 0.3) is 0 Å². The standard InChI is InChI=1S/C15H16BrN3O/c1-19(10-11-2-4-12(16)5-3-11)15(20)8-14-7-6-13(17)9-18-14/h2-7,9H,8,10,17H2,1H3. The van der Waals surface area contributed by atoms with E-state index in [1.165, 1.54) is 0 Å². The molecule has 0 fully saturated rings. The largest absolute Gasteiger partial charge is 0.397 e. The number of hydrogen-bond donors (Lipinski definition) is 1. The molecule has 1 heterocycles. The maximum Gasteiger partial charge on any atom is 0.228 e. The van der Waals surface area contributed by atoms with Gasteiger partial charge < -0.3 is 10.6 Å². The minimum absolute atomic E-state index is 0.0326. The fraction of sp³-hybridized carbons (Fsp3) is 0.200. The van der Waals surface area contributed by atoms with Crippen LogP contribution in [0.2, 0.25) is 0 Å². The number of carbonyl (C=O) groups excluding carboxylic acids is 1. The molecule has 1 amide bonds. The van der Waals surface area contributed by atoms with Gasteiger partial charge in [0.2, 0.25) is 5.91 Å². The van der Waals surface area contributed by atoms with Crippen LogP contribution in [0.4, 0.5) is 5.69 Å². The Morgan fingerprint density at radius 3 is 2.55 bits per heavy atom. The van der Waals surface area contributed by atoms with Gasteiger partial charge in [-0.3, -0.25) is 9.78 Å². The van der Waals surface area contributed by atoms with Crippen molar-refractivity contribution in [1.29, 1.82) is 0 Å². The molecule has 2 aromatic rings. The minimum atomic E-state index is 0.0326. The fourth-order valence-corrected chi connectivity index (χ4v) is 2.05. The number of nitrogen functional groups attached to an aromatic ring is 1. The summed E-state index contributed by atoms with van der Waals surface area (Å²) in [5, 5.41) is 0. The summed E-state index contributed by atoms with van der Waals surface area (Å²) in [6.07, 6.45) is 1.85. The zero-order valence-electron chi connectivity index (χ0n) is 11.2. The van der Waals surface area contributed by atoms with Crippen LogP contribution in [-0.2, 0) is 17.8 Å². The van der Waals surface area contributed by atoms with Crippen LogP contribution < -0.4 is 5.73 Å². The Morgan fingerprint density at radius 2 is 1.95 bits per heavy atom. The average molecular weight is 334 g/mol. The Kier molecular flexibility index (Phi) is 4.74. The summed E-state index contributed by atoms with van der Waals surface area (Å²) in [6.45, 7) is 0.584. The lowest BCUT2D eigenvalue weighted by molar-refractivity contribution is -0.129. The van der Waals surface area contributed by atoms with Crippen LogP contribution in [-0.4, -0.2) is 22.8 Å². The van der Waals surface area contributed by atoms with Gasteiger partial charge in [-0.25, -0.2) is 0 Å². The van der Waals surface area contributed by atoms with Gasteiger partial charge in [-0.2, -0.15) is 0 Å². The van der Waals surface area contributed by atoms with Crippen molar-refractivity contribution in [3.63, 3.8) is 0 Å². The smallest absolute Gasteiger partial charge is 0.228 e. The molecule has 2 N–H and O–H groups in total. The summed E-state index contributed by atoms with van der Waals surface area (Å²) < 4.78 is 1.03. The minimum Gasteiger partial charge on any atom is -0.397 e. The molecular formula is C15H16BrN3O. The third-order valence-corrected chi connectivity index (χ3v) is 3.47. The molecule has 0 aliphatic rings. The van der Waals surface area contributed by atoms with Crippen molar-refractivity contribution in [3.05, 3.63) is 58.3 Å². The lowest BCUT2D eigenvalue weighted by Crippen LogP contribution is -2.28. The number of halogens is 1. The number of nitrogens with two attached hydrogens (primary N) is 1. The normalized spacial score (nSPS) is 10.3. The van der Waals surface area contributed by atoms with Crippen LogP contribution >= 0.6 is 15.9 Å². The molecule has 1 aromatic carbocycles. The van der Waals surface area contributed by atoms with E-state index in [2.05, 4.69) is 20.9 Å². The van der Waals surface area contributed by atoms with Crippen LogP contribution in [0.3, 0.4) is 0 Å². The van der Waals surface area contributed by atoms with E-state index >= 15 is 0 Å². The molecule has 0 saturated carbocycles. The number of anilines is 1. The first-order chi connectivity index (χ1) is 9.54. The summed E-state index contributed by atoms with van der Waals surface area (Å²) in [7, 11) is 1.79. The van der Waals surface area contributed by atoms with Gasteiger partial charge in [0.1, 0.15) is 0 Å². The molecule has 5 heteroatoms. The van der Waals surface area contributed by atoms with Crippen LogP contribution in [0.15, 0.2) is 47.1 Å². The van der Waals surface area contributed by atoms with E-state index in [0.717, 1.165) is 15.7 Å².